The van der Waals surface area contributed by atoms with Crippen LogP contribution in [-0.4, -0.2) is 57.0 Å². The molecule has 1 aliphatic heterocycles. The molecule has 1 heterocycles. The van der Waals surface area contributed by atoms with Crippen LogP contribution >= 0.6 is 0 Å². The van der Waals surface area contributed by atoms with E-state index in [4.69, 9.17) is 9.47 Å². The van der Waals surface area contributed by atoms with E-state index in [-0.39, 0.29) is 35.5 Å². The van der Waals surface area contributed by atoms with E-state index in [0.717, 1.165) is 42.0 Å². The summed E-state index contributed by atoms with van der Waals surface area (Å²) in [6.07, 6.45) is 5.02. The summed E-state index contributed by atoms with van der Waals surface area (Å²) in [5.41, 5.74) is 1.63. The fourth-order valence-corrected chi connectivity index (χ4v) is 7.75. The summed E-state index contributed by atoms with van der Waals surface area (Å²) in [6, 6.07) is 26.7. The summed E-state index contributed by atoms with van der Waals surface area (Å²) in [5, 5.41) is 3.19. The van der Waals surface area contributed by atoms with Crippen molar-refractivity contribution in [2.24, 2.45) is 0 Å². The Kier molecular flexibility index (Phi) is 10.8. The molecule has 1 atom stereocenters. The van der Waals surface area contributed by atoms with E-state index in [9.17, 15) is 22.4 Å². The van der Waals surface area contributed by atoms with Gasteiger partial charge in [0.2, 0.25) is 11.8 Å². The Balaban J connectivity index is 1.40. The number of amides is 2. The van der Waals surface area contributed by atoms with Crippen molar-refractivity contribution in [3.05, 3.63) is 120 Å². The fraction of sp³-hybridized carbons (Fsp3) is 0.316. The minimum absolute atomic E-state index is 0.00125. The van der Waals surface area contributed by atoms with E-state index >= 15 is 0 Å². The fourth-order valence-electron chi connectivity index (χ4n) is 6.32. The number of carbonyl (C=O) groups excluding carboxylic acids is 2. The minimum atomic E-state index is -4.28. The third-order valence-electron chi connectivity index (χ3n) is 8.91. The Morgan fingerprint density at radius 1 is 0.796 bits per heavy atom. The number of carbonyl (C=O) groups is 2. The standard InChI is InChI=1S/C38H40FN3O6S/c39-30-18-16-29(17-19-30)26-41(34(24-28-10-4-1-5-11-28)38(44)40-31-12-6-2-7-13-31)37(43)27-42(49(45,46)33-14-8-3-9-15-33)32-20-21-35-36(25-32)48-23-22-47-35/h1,3-5,8-11,14-21,25,31,34H,2,6-7,12-13,22-24,26-27H2,(H,40,44). The predicted molar refractivity (Wildman–Crippen MR) is 184 cm³/mol. The van der Waals surface area contributed by atoms with Crippen LogP contribution in [0, 0.1) is 5.82 Å². The Morgan fingerprint density at radius 2 is 1.45 bits per heavy atom. The zero-order valence-electron chi connectivity index (χ0n) is 27.2. The molecular weight excluding hydrogens is 645 g/mol. The maximum absolute atomic E-state index is 14.7. The van der Waals surface area contributed by atoms with Gasteiger partial charge in [0.15, 0.2) is 11.5 Å². The van der Waals surface area contributed by atoms with E-state index in [1.54, 1.807) is 48.5 Å². The van der Waals surface area contributed by atoms with E-state index in [1.165, 1.54) is 29.2 Å². The quantitative estimate of drug-likeness (QED) is 0.200. The number of hydrogen-bond donors (Lipinski definition) is 1. The maximum atomic E-state index is 14.7. The molecule has 0 aromatic heterocycles. The topological polar surface area (TPSA) is 105 Å². The van der Waals surface area contributed by atoms with Crippen molar-refractivity contribution in [1.82, 2.24) is 10.2 Å². The first-order chi connectivity index (χ1) is 23.8. The average Bonchev–Trinajstić information content (AvgIpc) is 3.13. The van der Waals surface area contributed by atoms with Crippen molar-refractivity contribution in [2.45, 2.75) is 62.0 Å². The third kappa shape index (κ3) is 8.40. The monoisotopic (exact) mass is 685 g/mol. The van der Waals surface area contributed by atoms with Crippen LogP contribution in [0.25, 0.3) is 0 Å². The van der Waals surface area contributed by atoms with Gasteiger partial charge in [-0.05, 0) is 60.4 Å². The molecule has 1 aliphatic carbocycles. The van der Waals surface area contributed by atoms with Gasteiger partial charge in [-0.2, -0.15) is 0 Å². The van der Waals surface area contributed by atoms with E-state index < -0.39 is 34.3 Å². The number of fused-ring (bicyclic) bond motifs is 1. The minimum Gasteiger partial charge on any atom is -0.486 e. The lowest BCUT2D eigenvalue weighted by molar-refractivity contribution is -0.140. The van der Waals surface area contributed by atoms with Crippen LogP contribution in [-0.2, 0) is 32.6 Å². The molecule has 0 saturated heterocycles. The highest BCUT2D eigenvalue weighted by Gasteiger charge is 2.36. The Morgan fingerprint density at radius 3 is 2.14 bits per heavy atom. The molecule has 2 aliphatic rings. The van der Waals surface area contributed by atoms with Crippen LogP contribution in [0.2, 0.25) is 0 Å². The van der Waals surface area contributed by atoms with Gasteiger partial charge < -0.3 is 19.7 Å². The Hall–Kier alpha value is -4.90. The number of nitrogens with zero attached hydrogens (tertiary/aromatic N) is 2. The van der Waals surface area contributed by atoms with Gasteiger partial charge in [0, 0.05) is 25.1 Å². The predicted octanol–water partition coefficient (Wildman–Crippen LogP) is 5.88. The first kappa shape index (κ1) is 34.0. The molecule has 1 unspecified atom stereocenters. The smallest absolute Gasteiger partial charge is 0.264 e. The molecule has 11 heteroatoms. The first-order valence-electron chi connectivity index (χ1n) is 16.6. The summed E-state index contributed by atoms with van der Waals surface area (Å²) < 4.78 is 55.0. The van der Waals surface area contributed by atoms with Crippen molar-refractivity contribution in [2.75, 3.05) is 24.1 Å². The van der Waals surface area contributed by atoms with Crippen molar-refractivity contribution in [3.63, 3.8) is 0 Å². The number of sulfonamides is 1. The van der Waals surface area contributed by atoms with Gasteiger partial charge in [-0.3, -0.25) is 13.9 Å². The van der Waals surface area contributed by atoms with Crippen LogP contribution in [0.1, 0.15) is 43.2 Å². The molecular formula is C38H40FN3O6S. The maximum Gasteiger partial charge on any atom is 0.264 e. The van der Waals surface area contributed by atoms with Gasteiger partial charge in [0.25, 0.3) is 10.0 Å². The molecule has 1 N–H and O–H groups in total. The Bertz CT molecular complexity index is 1830. The Labute approximate surface area is 286 Å². The molecule has 4 aromatic rings. The normalized spacial score (nSPS) is 15.2. The third-order valence-corrected chi connectivity index (χ3v) is 10.7. The van der Waals surface area contributed by atoms with Crippen molar-refractivity contribution in [1.29, 1.82) is 0 Å². The van der Waals surface area contributed by atoms with Crippen molar-refractivity contribution >= 4 is 27.5 Å². The highest BCUT2D eigenvalue weighted by molar-refractivity contribution is 7.92. The molecule has 9 nitrogen and oxygen atoms in total. The largest absolute Gasteiger partial charge is 0.486 e. The number of hydrogen-bond acceptors (Lipinski definition) is 6. The van der Waals surface area contributed by atoms with Crippen molar-refractivity contribution in [3.8, 4) is 11.5 Å². The average molecular weight is 686 g/mol. The first-order valence-corrected chi connectivity index (χ1v) is 18.1. The molecule has 0 radical (unpaired) electrons. The number of ether oxygens (including phenoxy) is 2. The van der Waals surface area contributed by atoms with E-state index in [0.29, 0.717) is 30.3 Å². The molecule has 0 bridgehead atoms. The molecule has 6 rings (SSSR count). The van der Waals surface area contributed by atoms with Gasteiger partial charge in [-0.25, -0.2) is 12.8 Å². The van der Waals surface area contributed by atoms with Crippen molar-refractivity contribution < 1.29 is 31.9 Å². The van der Waals surface area contributed by atoms with Gasteiger partial charge in [-0.15, -0.1) is 0 Å². The summed E-state index contributed by atoms with van der Waals surface area (Å²) in [6.45, 7) is -0.000400. The number of nitrogens with one attached hydrogen (secondary N) is 1. The summed E-state index contributed by atoms with van der Waals surface area (Å²) >= 11 is 0. The van der Waals surface area contributed by atoms with Crippen LogP contribution in [0.3, 0.4) is 0 Å². The zero-order chi connectivity index (χ0) is 34.2. The highest BCUT2D eigenvalue weighted by Crippen LogP contribution is 2.36. The number of halogens is 1. The molecule has 49 heavy (non-hydrogen) atoms. The van der Waals surface area contributed by atoms with Crippen LogP contribution < -0.4 is 19.1 Å². The lowest BCUT2D eigenvalue weighted by atomic mass is 9.94. The molecule has 1 fully saturated rings. The molecule has 4 aromatic carbocycles. The SMILES string of the molecule is O=C(NC1CCCCC1)C(Cc1ccccc1)N(Cc1ccc(F)cc1)C(=O)CN(c1ccc2c(c1)OCCO2)S(=O)(=O)c1ccccc1. The van der Waals surface area contributed by atoms with Gasteiger partial charge in [0.1, 0.15) is 31.6 Å². The lowest BCUT2D eigenvalue weighted by Gasteiger charge is -2.35. The van der Waals surface area contributed by atoms with Crippen LogP contribution in [0.5, 0.6) is 11.5 Å². The van der Waals surface area contributed by atoms with Gasteiger partial charge in [-0.1, -0.05) is 79.9 Å². The van der Waals surface area contributed by atoms with Crippen LogP contribution in [0.4, 0.5) is 10.1 Å². The number of rotatable bonds is 12. The summed E-state index contributed by atoms with van der Waals surface area (Å²) in [4.78, 5) is 30.3. The van der Waals surface area contributed by atoms with Gasteiger partial charge >= 0.3 is 0 Å². The summed E-state index contributed by atoms with van der Waals surface area (Å²) in [5.74, 6) is -0.516. The van der Waals surface area contributed by atoms with Crippen LogP contribution in [0.15, 0.2) is 108 Å². The summed E-state index contributed by atoms with van der Waals surface area (Å²) in [7, 11) is -4.28. The lowest BCUT2D eigenvalue weighted by Crippen LogP contribution is -2.55. The second-order valence-corrected chi connectivity index (χ2v) is 14.2. The zero-order valence-corrected chi connectivity index (χ0v) is 28.0. The molecule has 256 valence electrons. The number of benzene rings is 4. The van der Waals surface area contributed by atoms with E-state index in [1.807, 2.05) is 30.3 Å². The van der Waals surface area contributed by atoms with Gasteiger partial charge in [0.05, 0.1) is 10.6 Å². The van der Waals surface area contributed by atoms with E-state index in [2.05, 4.69) is 5.32 Å². The number of anilines is 1. The molecule has 2 amide bonds. The second kappa shape index (κ2) is 15.5. The second-order valence-electron chi connectivity index (χ2n) is 12.3. The highest BCUT2D eigenvalue weighted by atomic mass is 32.2. The molecule has 0 spiro atoms. The molecule has 1 saturated carbocycles.